The number of benzene rings is 3. The van der Waals surface area contributed by atoms with Gasteiger partial charge >= 0.3 is 0 Å². The van der Waals surface area contributed by atoms with E-state index >= 15 is 0 Å². The van der Waals surface area contributed by atoms with Gasteiger partial charge in [-0.3, -0.25) is 0 Å². The monoisotopic (exact) mass is 423 g/mol. The molecule has 5 nitrogen and oxygen atoms in total. The number of hydrogen-bond acceptors (Lipinski definition) is 5. The van der Waals surface area contributed by atoms with E-state index in [2.05, 4.69) is 89.6 Å². The van der Waals surface area contributed by atoms with Crippen molar-refractivity contribution in [2.75, 3.05) is 28.2 Å². The van der Waals surface area contributed by atoms with Crippen molar-refractivity contribution in [3.8, 4) is 0 Å². The molecule has 1 aliphatic rings. The summed E-state index contributed by atoms with van der Waals surface area (Å²) in [6.07, 6.45) is 0. The van der Waals surface area contributed by atoms with Crippen molar-refractivity contribution in [1.29, 1.82) is 0 Å². The maximum atomic E-state index is 5.01. The third-order valence-electron chi connectivity index (χ3n) is 6.07. The molecule has 1 aliphatic heterocycles. The lowest BCUT2D eigenvalue weighted by Crippen LogP contribution is -2.36. The van der Waals surface area contributed by atoms with Crippen LogP contribution in [0.4, 0.5) is 17.5 Å². The lowest BCUT2D eigenvalue weighted by Gasteiger charge is -2.29. The molecule has 0 fully saturated rings. The van der Waals surface area contributed by atoms with Crippen LogP contribution in [0.3, 0.4) is 0 Å². The molecule has 5 rings (SSSR count). The SMILES string of the molecule is CC(C)N1CCN(c2nc(NCc3ccccc3)c3ccccc3n2)Cc2ccccc21. The van der Waals surface area contributed by atoms with Crippen LogP contribution >= 0.6 is 0 Å². The Bertz CT molecular complexity index is 1210. The minimum absolute atomic E-state index is 0.441. The van der Waals surface area contributed by atoms with Gasteiger partial charge < -0.3 is 15.1 Å². The predicted molar refractivity (Wildman–Crippen MR) is 133 cm³/mol. The molecule has 0 bridgehead atoms. The highest BCUT2D eigenvalue weighted by Gasteiger charge is 2.23. The molecule has 1 N–H and O–H groups in total. The molecule has 0 saturated carbocycles. The highest BCUT2D eigenvalue weighted by molar-refractivity contribution is 5.90. The molecular weight excluding hydrogens is 394 g/mol. The summed E-state index contributed by atoms with van der Waals surface area (Å²) < 4.78 is 0. The normalized spacial score (nSPS) is 13.8. The van der Waals surface area contributed by atoms with E-state index in [0.29, 0.717) is 6.04 Å². The topological polar surface area (TPSA) is 44.3 Å². The van der Waals surface area contributed by atoms with E-state index in [0.717, 1.165) is 48.8 Å². The number of nitrogens with one attached hydrogen (secondary N) is 1. The van der Waals surface area contributed by atoms with Crippen LogP contribution in [0.15, 0.2) is 78.9 Å². The van der Waals surface area contributed by atoms with Crippen molar-refractivity contribution >= 4 is 28.4 Å². The van der Waals surface area contributed by atoms with E-state index in [9.17, 15) is 0 Å². The van der Waals surface area contributed by atoms with Crippen molar-refractivity contribution in [2.24, 2.45) is 0 Å². The van der Waals surface area contributed by atoms with Gasteiger partial charge in [0.05, 0.1) is 5.52 Å². The number of aromatic nitrogens is 2. The van der Waals surface area contributed by atoms with Crippen LogP contribution in [0, 0.1) is 0 Å². The first kappa shape index (κ1) is 20.3. The zero-order chi connectivity index (χ0) is 21.9. The number of para-hydroxylation sites is 2. The smallest absolute Gasteiger partial charge is 0.228 e. The number of hydrogen-bond donors (Lipinski definition) is 1. The minimum atomic E-state index is 0.441. The van der Waals surface area contributed by atoms with Gasteiger partial charge in [-0.15, -0.1) is 0 Å². The van der Waals surface area contributed by atoms with E-state index in [1.54, 1.807) is 0 Å². The molecule has 5 heteroatoms. The fraction of sp³-hybridized carbons (Fsp3) is 0.259. The first-order valence-electron chi connectivity index (χ1n) is 11.3. The molecule has 4 aromatic rings. The van der Waals surface area contributed by atoms with E-state index in [-0.39, 0.29) is 0 Å². The van der Waals surface area contributed by atoms with Crippen molar-refractivity contribution < 1.29 is 0 Å². The first-order valence-corrected chi connectivity index (χ1v) is 11.3. The third-order valence-corrected chi connectivity index (χ3v) is 6.07. The minimum Gasteiger partial charge on any atom is -0.367 e. The third kappa shape index (κ3) is 4.11. The molecule has 2 heterocycles. The van der Waals surface area contributed by atoms with Gasteiger partial charge in [-0.1, -0.05) is 60.7 Å². The zero-order valence-corrected chi connectivity index (χ0v) is 18.7. The highest BCUT2D eigenvalue weighted by atomic mass is 15.3. The Balaban J connectivity index is 1.50. The molecule has 162 valence electrons. The van der Waals surface area contributed by atoms with Gasteiger partial charge in [-0.25, -0.2) is 4.98 Å². The second-order valence-electron chi connectivity index (χ2n) is 8.57. The Hall–Kier alpha value is -3.60. The van der Waals surface area contributed by atoms with Crippen LogP contribution in [0.25, 0.3) is 10.9 Å². The Morgan fingerprint density at radius 2 is 1.59 bits per heavy atom. The molecular formula is C27H29N5. The zero-order valence-electron chi connectivity index (χ0n) is 18.7. The maximum absolute atomic E-state index is 5.01. The molecule has 1 aromatic heterocycles. The van der Waals surface area contributed by atoms with Gasteiger partial charge in [0, 0.05) is 43.3 Å². The summed E-state index contributed by atoms with van der Waals surface area (Å²) in [5.74, 6) is 1.66. The molecule has 3 aromatic carbocycles. The Morgan fingerprint density at radius 3 is 2.44 bits per heavy atom. The van der Waals surface area contributed by atoms with E-state index < -0.39 is 0 Å². The lowest BCUT2D eigenvalue weighted by atomic mass is 10.1. The van der Waals surface area contributed by atoms with Gasteiger partial charge in [0.25, 0.3) is 0 Å². The van der Waals surface area contributed by atoms with E-state index in [1.165, 1.54) is 16.8 Å². The largest absolute Gasteiger partial charge is 0.367 e. The van der Waals surface area contributed by atoms with Crippen LogP contribution in [0.2, 0.25) is 0 Å². The number of fused-ring (bicyclic) bond motifs is 2. The van der Waals surface area contributed by atoms with Crippen LogP contribution in [0.5, 0.6) is 0 Å². The average molecular weight is 424 g/mol. The van der Waals surface area contributed by atoms with Crippen molar-refractivity contribution in [3.63, 3.8) is 0 Å². The van der Waals surface area contributed by atoms with Gasteiger partial charge in [-0.2, -0.15) is 4.98 Å². The Labute approximate surface area is 189 Å². The molecule has 0 saturated heterocycles. The fourth-order valence-corrected chi connectivity index (χ4v) is 4.39. The van der Waals surface area contributed by atoms with E-state index in [1.807, 2.05) is 18.2 Å². The van der Waals surface area contributed by atoms with Crippen LogP contribution in [0.1, 0.15) is 25.0 Å². The standard InChI is InChI=1S/C27H29N5/c1-20(2)32-17-16-31(19-22-12-6-9-15-25(22)32)27-29-24-14-8-7-13-23(24)26(30-27)28-18-21-10-4-3-5-11-21/h3-15,20H,16-19H2,1-2H3,(H,28,29,30). The van der Waals surface area contributed by atoms with Gasteiger partial charge in [0.1, 0.15) is 5.82 Å². The Morgan fingerprint density at radius 1 is 0.844 bits per heavy atom. The van der Waals surface area contributed by atoms with Crippen molar-refractivity contribution in [3.05, 3.63) is 90.0 Å². The molecule has 0 spiro atoms. The quantitative estimate of drug-likeness (QED) is 0.461. The number of nitrogens with zero attached hydrogens (tertiary/aromatic N) is 4. The molecule has 0 aliphatic carbocycles. The lowest BCUT2D eigenvalue weighted by molar-refractivity contribution is 0.673. The first-order chi connectivity index (χ1) is 15.7. The Kier molecular flexibility index (Phi) is 5.63. The van der Waals surface area contributed by atoms with Crippen LogP contribution in [-0.2, 0) is 13.1 Å². The van der Waals surface area contributed by atoms with Crippen molar-refractivity contribution in [1.82, 2.24) is 9.97 Å². The summed E-state index contributed by atoms with van der Waals surface area (Å²) in [6, 6.07) is 27.8. The summed E-state index contributed by atoms with van der Waals surface area (Å²) in [6.45, 7) is 7.86. The van der Waals surface area contributed by atoms with Gasteiger partial charge in [-0.05, 0) is 43.2 Å². The number of rotatable bonds is 5. The molecule has 0 amide bonds. The molecule has 0 radical (unpaired) electrons. The van der Waals surface area contributed by atoms with Gasteiger partial charge in [0.2, 0.25) is 5.95 Å². The highest BCUT2D eigenvalue weighted by Crippen LogP contribution is 2.30. The molecule has 0 atom stereocenters. The van der Waals surface area contributed by atoms with Crippen LogP contribution in [-0.4, -0.2) is 29.1 Å². The van der Waals surface area contributed by atoms with Gasteiger partial charge in [0.15, 0.2) is 0 Å². The second-order valence-corrected chi connectivity index (χ2v) is 8.57. The van der Waals surface area contributed by atoms with Crippen molar-refractivity contribution in [2.45, 2.75) is 33.0 Å². The maximum Gasteiger partial charge on any atom is 0.228 e. The van der Waals surface area contributed by atoms with Crippen LogP contribution < -0.4 is 15.1 Å². The predicted octanol–water partition coefficient (Wildman–Crippen LogP) is 5.48. The summed E-state index contributed by atoms with van der Waals surface area (Å²) in [4.78, 5) is 14.7. The summed E-state index contributed by atoms with van der Waals surface area (Å²) in [5, 5.41) is 4.60. The molecule has 0 unspecified atom stereocenters. The summed E-state index contributed by atoms with van der Waals surface area (Å²) in [5.41, 5.74) is 4.82. The molecule has 32 heavy (non-hydrogen) atoms. The summed E-state index contributed by atoms with van der Waals surface area (Å²) >= 11 is 0. The second kappa shape index (κ2) is 8.87. The fourth-order valence-electron chi connectivity index (χ4n) is 4.39. The number of anilines is 3. The summed E-state index contributed by atoms with van der Waals surface area (Å²) in [7, 11) is 0. The average Bonchev–Trinajstić information content (AvgIpc) is 3.03. The van der Waals surface area contributed by atoms with E-state index in [4.69, 9.17) is 9.97 Å².